The number of aromatic nitrogens is 1. The summed E-state index contributed by atoms with van der Waals surface area (Å²) < 4.78 is 0. The highest BCUT2D eigenvalue weighted by Crippen LogP contribution is 2.21. The number of rotatable bonds is 8. The Kier molecular flexibility index (Phi) is 6.51. The number of benzene rings is 1. The quantitative estimate of drug-likeness (QED) is 0.716. The number of carbonyl (C=O) groups excluding carboxylic acids is 1. The summed E-state index contributed by atoms with van der Waals surface area (Å²) in [5.41, 5.74) is 2.37. The van der Waals surface area contributed by atoms with Crippen molar-refractivity contribution >= 4 is 16.8 Å². The second kappa shape index (κ2) is 9.04. The maximum absolute atomic E-state index is 12.1. The summed E-state index contributed by atoms with van der Waals surface area (Å²) in [4.78, 5) is 17.8. The Balaban J connectivity index is 1.33. The molecule has 0 atom stereocenters. The predicted octanol–water partition coefficient (Wildman–Crippen LogP) is 3.87. The lowest BCUT2D eigenvalue weighted by Crippen LogP contribution is -2.35. The molecule has 1 aromatic carbocycles. The minimum atomic E-state index is 0.158. The highest BCUT2D eigenvalue weighted by atomic mass is 16.1. The first-order chi connectivity index (χ1) is 12.2. The lowest BCUT2D eigenvalue weighted by Gasteiger charge is -2.31. The number of hydrogen-bond acceptors (Lipinski definition) is 2. The maximum Gasteiger partial charge on any atom is 0.220 e. The fourth-order valence-electron chi connectivity index (χ4n) is 3.94. The number of amides is 1. The number of aromatic amines is 1. The van der Waals surface area contributed by atoms with Crippen LogP contribution < -0.4 is 5.32 Å². The lowest BCUT2D eigenvalue weighted by atomic mass is 9.94. The number of aryl methyl sites for hydroxylation is 1. The minimum Gasteiger partial charge on any atom is -0.361 e. The van der Waals surface area contributed by atoms with Crippen molar-refractivity contribution in [1.29, 1.82) is 0 Å². The monoisotopic (exact) mass is 341 g/mol. The molecular formula is C21H31N3O. The number of para-hydroxylation sites is 1. The van der Waals surface area contributed by atoms with Crippen LogP contribution in [0.1, 0.15) is 50.5 Å². The molecule has 0 spiro atoms. The smallest absolute Gasteiger partial charge is 0.220 e. The molecule has 1 aliphatic rings. The van der Waals surface area contributed by atoms with E-state index in [-0.39, 0.29) is 5.91 Å². The van der Waals surface area contributed by atoms with Gasteiger partial charge in [-0.05, 0) is 50.9 Å². The van der Waals surface area contributed by atoms with Gasteiger partial charge in [-0.25, -0.2) is 0 Å². The zero-order valence-electron chi connectivity index (χ0n) is 15.4. The second-order valence-electron chi connectivity index (χ2n) is 7.34. The highest BCUT2D eigenvalue weighted by molar-refractivity contribution is 5.84. The first-order valence-corrected chi connectivity index (χ1v) is 9.76. The number of hydrogen-bond donors (Lipinski definition) is 2. The molecule has 1 heterocycles. The van der Waals surface area contributed by atoms with Gasteiger partial charge in [0.1, 0.15) is 0 Å². The van der Waals surface area contributed by atoms with Crippen molar-refractivity contribution in [3.8, 4) is 0 Å². The topological polar surface area (TPSA) is 48.1 Å². The Morgan fingerprint density at radius 2 is 2.04 bits per heavy atom. The van der Waals surface area contributed by atoms with Crippen molar-refractivity contribution in [2.45, 2.75) is 57.4 Å². The fourth-order valence-corrected chi connectivity index (χ4v) is 3.94. The molecule has 0 unspecified atom stereocenters. The van der Waals surface area contributed by atoms with E-state index in [1.54, 1.807) is 0 Å². The molecule has 0 aliphatic heterocycles. The van der Waals surface area contributed by atoms with E-state index in [1.807, 2.05) is 18.3 Å². The third kappa shape index (κ3) is 5.08. The molecule has 1 fully saturated rings. The molecule has 0 saturated heterocycles. The van der Waals surface area contributed by atoms with Crippen molar-refractivity contribution in [3.05, 3.63) is 36.0 Å². The summed E-state index contributed by atoms with van der Waals surface area (Å²) in [7, 11) is 2.23. The molecule has 0 bridgehead atoms. The van der Waals surface area contributed by atoms with Crippen molar-refractivity contribution in [1.82, 2.24) is 15.2 Å². The number of carbonyl (C=O) groups is 1. The van der Waals surface area contributed by atoms with Crippen molar-refractivity contribution in [2.24, 2.45) is 0 Å². The van der Waals surface area contributed by atoms with Gasteiger partial charge in [0, 0.05) is 36.1 Å². The molecule has 1 aromatic heterocycles. The third-order valence-electron chi connectivity index (χ3n) is 5.50. The number of fused-ring (bicyclic) bond motifs is 1. The van der Waals surface area contributed by atoms with Crippen LogP contribution in [0.5, 0.6) is 0 Å². The molecule has 2 N–H and O–H groups in total. The molecule has 4 nitrogen and oxygen atoms in total. The van der Waals surface area contributed by atoms with Crippen LogP contribution in [0.25, 0.3) is 10.9 Å². The van der Waals surface area contributed by atoms with Gasteiger partial charge in [0.05, 0.1) is 0 Å². The largest absolute Gasteiger partial charge is 0.361 e. The lowest BCUT2D eigenvalue weighted by molar-refractivity contribution is -0.121. The summed E-state index contributed by atoms with van der Waals surface area (Å²) in [6.07, 6.45) is 11.2. The molecule has 1 amide bonds. The van der Waals surface area contributed by atoms with Crippen LogP contribution in [0, 0.1) is 0 Å². The summed E-state index contributed by atoms with van der Waals surface area (Å²) >= 11 is 0. The average Bonchev–Trinajstić information content (AvgIpc) is 3.07. The molecule has 3 rings (SSSR count). The van der Waals surface area contributed by atoms with Crippen LogP contribution in [0.2, 0.25) is 0 Å². The van der Waals surface area contributed by atoms with Crippen LogP contribution in [0.4, 0.5) is 0 Å². The zero-order chi connectivity index (χ0) is 17.5. The van der Waals surface area contributed by atoms with Gasteiger partial charge >= 0.3 is 0 Å². The summed E-state index contributed by atoms with van der Waals surface area (Å²) in [5.74, 6) is 0.158. The summed E-state index contributed by atoms with van der Waals surface area (Å²) in [6, 6.07) is 9.01. The van der Waals surface area contributed by atoms with E-state index in [0.29, 0.717) is 6.42 Å². The van der Waals surface area contributed by atoms with Gasteiger partial charge in [0.2, 0.25) is 5.91 Å². The fraction of sp³-hybridized carbons (Fsp3) is 0.571. The molecule has 2 aromatic rings. The predicted molar refractivity (Wildman–Crippen MR) is 104 cm³/mol. The van der Waals surface area contributed by atoms with E-state index in [2.05, 4.69) is 34.4 Å². The molecular weight excluding hydrogens is 310 g/mol. The van der Waals surface area contributed by atoms with E-state index in [0.717, 1.165) is 37.5 Å². The van der Waals surface area contributed by atoms with Gasteiger partial charge < -0.3 is 15.2 Å². The average molecular weight is 341 g/mol. The van der Waals surface area contributed by atoms with Crippen LogP contribution in [0.15, 0.2) is 30.5 Å². The maximum atomic E-state index is 12.1. The number of nitrogens with zero attached hydrogens (tertiary/aromatic N) is 1. The van der Waals surface area contributed by atoms with Gasteiger partial charge in [0.25, 0.3) is 0 Å². The van der Waals surface area contributed by atoms with E-state index < -0.39 is 0 Å². The van der Waals surface area contributed by atoms with Crippen LogP contribution in [-0.4, -0.2) is 42.0 Å². The normalized spacial score (nSPS) is 15.8. The minimum absolute atomic E-state index is 0.158. The SMILES string of the molecule is CN(CCCNC(=O)CCc1c[nH]c2ccccc12)C1CCCCC1. The summed E-state index contributed by atoms with van der Waals surface area (Å²) in [6.45, 7) is 1.86. The van der Waals surface area contributed by atoms with E-state index in [4.69, 9.17) is 0 Å². The molecule has 1 aliphatic carbocycles. The van der Waals surface area contributed by atoms with Crippen LogP contribution >= 0.6 is 0 Å². The Morgan fingerprint density at radius 1 is 1.24 bits per heavy atom. The molecule has 0 radical (unpaired) electrons. The molecule has 4 heteroatoms. The first kappa shape index (κ1) is 18.0. The van der Waals surface area contributed by atoms with Crippen molar-refractivity contribution < 1.29 is 4.79 Å². The van der Waals surface area contributed by atoms with Gasteiger partial charge in [-0.15, -0.1) is 0 Å². The van der Waals surface area contributed by atoms with Gasteiger partial charge in [-0.2, -0.15) is 0 Å². The zero-order valence-corrected chi connectivity index (χ0v) is 15.4. The number of nitrogens with one attached hydrogen (secondary N) is 2. The molecule has 136 valence electrons. The van der Waals surface area contributed by atoms with Crippen LogP contribution in [0.3, 0.4) is 0 Å². The Morgan fingerprint density at radius 3 is 2.88 bits per heavy atom. The third-order valence-corrected chi connectivity index (χ3v) is 5.50. The van der Waals surface area contributed by atoms with Crippen LogP contribution in [-0.2, 0) is 11.2 Å². The van der Waals surface area contributed by atoms with Gasteiger partial charge in [-0.1, -0.05) is 37.5 Å². The highest BCUT2D eigenvalue weighted by Gasteiger charge is 2.17. The standard InChI is InChI=1S/C21H31N3O/c1-24(18-8-3-2-4-9-18)15-7-14-22-21(25)13-12-17-16-23-20-11-6-5-10-19(17)20/h5-6,10-11,16,18,23H,2-4,7-9,12-15H2,1H3,(H,22,25). The Hall–Kier alpha value is -1.81. The van der Waals surface area contributed by atoms with E-state index in [1.165, 1.54) is 43.1 Å². The van der Waals surface area contributed by atoms with Crippen molar-refractivity contribution in [2.75, 3.05) is 20.1 Å². The number of H-pyrrole nitrogens is 1. The Labute approximate surface area is 151 Å². The Bertz CT molecular complexity index is 673. The first-order valence-electron chi connectivity index (χ1n) is 9.76. The van der Waals surface area contributed by atoms with E-state index in [9.17, 15) is 4.79 Å². The molecule has 1 saturated carbocycles. The van der Waals surface area contributed by atoms with Gasteiger partial charge in [0.15, 0.2) is 0 Å². The van der Waals surface area contributed by atoms with Crippen molar-refractivity contribution in [3.63, 3.8) is 0 Å². The summed E-state index contributed by atoms with van der Waals surface area (Å²) in [5, 5.41) is 4.30. The second-order valence-corrected chi connectivity index (χ2v) is 7.34. The van der Waals surface area contributed by atoms with Gasteiger partial charge in [-0.3, -0.25) is 4.79 Å². The van der Waals surface area contributed by atoms with E-state index >= 15 is 0 Å². The molecule has 25 heavy (non-hydrogen) atoms.